The molecule has 2 aliphatic heterocycles. The van der Waals surface area contributed by atoms with E-state index in [0.29, 0.717) is 41.3 Å². The number of nitrogens with one attached hydrogen (secondary N) is 1. The molecule has 2 aliphatic rings. The van der Waals surface area contributed by atoms with Crippen molar-refractivity contribution < 1.29 is 23.9 Å². The molecular weight excluding hydrogens is 446 g/mol. The molecule has 3 aromatic rings. The Kier molecular flexibility index (Phi) is 5.86. The maximum Gasteiger partial charge on any atom is 0.260 e. The summed E-state index contributed by atoms with van der Waals surface area (Å²) < 4.78 is 10.6. The Labute approximate surface area is 203 Å². The predicted molar refractivity (Wildman–Crippen MR) is 130 cm³/mol. The number of hydrogen-bond donors (Lipinski definition) is 1. The number of rotatable bonds is 7. The van der Waals surface area contributed by atoms with Crippen molar-refractivity contribution in [3.63, 3.8) is 0 Å². The van der Waals surface area contributed by atoms with Gasteiger partial charge in [0.25, 0.3) is 11.8 Å². The highest BCUT2D eigenvalue weighted by Crippen LogP contribution is 2.44. The molecule has 8 nitrogen and oxygen atoms in total. The van der Waals surface area contributed by atoms with Crippen molar-refractivity contribution in [1.82, 2.24) is 10.2 Å². The van der Waals surface area contributed by atoms with Crippen molar-refractivity contribution >= 4 is 23.4 Å². The van der Waals surface area contributed by atoms with E-state index in [0.717, 1.165) is 11.1 Å². The number of benzene rings is 3. The average Bonchev–Trinajstić information content (AvgIpc) is 3.19. The van der Waals surface area contributed by atoms with E-state index < -0.39 is 6.17 Å². The molecule has 0 bridgehead atoms. The van der Waals surface area contributed by atoms with Gasteiger partial charge in [-0.2, -0.15) is 0 Å². The molecule has 5 rings (SSSR count). The monoisotopic (exact) mass is 471 g/mol. The van der Waals surface area contributed by atoms with Crippen LogP contribution in [0.1, 0.15) is 38.0 Å². The third kappa shape index (κ3) is 3.86. The molecule has 0 radical (unpaired) electrons. The van der Waals surface area contributed by atoms with E-state index in [1.165, 1.54) is 4.90 Å². The topological polar surface area (TPSA) is 88.2 Å². The van der Waals surface area contributed by atoms with Gasteiger partial charge in [0.05, 0.1) is 25.5 Å². The second kappa shape index (κ2) is 9.13. The Morgan fingerprint density at radius 1 is 0.886 bits per heavy atom. The fourth-order valence-electron chi connectivity index (χ4n) is 4.73. The average molecular weight is 472 g/mol. The van der Waals surface area contributed by atoms with Gasteiger partial charge in [0.15, 0.2) is 11.5 Å². The van der Waals surface area contributed by atoms with Crippen molar-refractivity contribution in [2.24, 2.45) is 0 Å². The van der Waals surface area contributed by atoms with E-state index in [1.54, 1.807) is 55.5 Å². The Morgan fingerprint density at radius 3 is 2.37 bits per heavy atom. The van der Waals surface area contributed by atoms with Crippen LogP contribution in [-0.2, 0) is 11.2 Å². The van der Waals surface area contributed by atoms with Gasteiger partial charge in [-0.25, -0.2) is 0 Å². The van der Waals surface area contributed by atoms with Crippen LogP contribution in [0.15, 0.2) is 66.7 Å². The Balaban J connectivity index is 1.33. The minimum Gasteiger partial charge on any atom is -0.493 e. The number of anilines is 1. The highest BCUT2D eigenvalue weighted by atomic mass is 16.5. The van der Waals surface area contributed by atoms with Crippen LogP contribution in [0.4, 0.5) is 5.69 Å². The zero-order valence-corrected chi connectivity index (χ0v) is 19.5. The van der Waals surface area contributed by atoms with E-state index in [1.807, 2.05) is 30.3 Å². The molecule has 3 amide bonds. The van der Waals surface area contributed by atoms with Gasteiger partial charge in [-0.1, -0.05) is 36.4 Å². The molecule has 178 valence electrons. The van der Waals surface area contributed by atoms with Crippen LogP contribution in [0, 0.1) is 0 Å². The highest BCUT2D eigenvalue weighted by Gasteiger charge is 2.47. The molecule has 0 fully saturated rings. The highest BCUT2D eigenvalue weighted by molar-refractivity contribution is 6.17. The summed E-state index contributed by atoms with van der Waals surface area (Å²) in [5, 5.41) is 2.90. The maximum absolute atomic E-state index is 13.4. The van der Waals surface area contributed by atoms with E-state index >= 15 is 0 Å². The smallest absolute Gasteiger partial charge is 0.260 e. The summed E-state index contributed by atoms with van der Waals surface area (Å²) in [7, 11) is 3.15. The summed E-state index contributed by atoms with van der Waals surface area (Å²) in [6.07, 6.45) is -0.0718. The standard InChI is InChI=1S/C27H25N3O5/c1-34-22-12-11-17(15-23(22)35-2)13-14-28-24(31)16-29-25-18-7-3-4-8-19(18)27(33)30(25)21-10-6-5-9-20(21)26(29)32/h3-12,15,25H,13-14,16H2,1-2H3,(H,28,31)/t25-/m0/s1. The van der Waals surface area contributed by atoms with E-state index in [4.69, 9.17) is 9.47 Å². The van der Waals surface area contributed by atoms with Gasteiger partial charge in [0.2, 0.25) is 5.91 Å². The lowest BCUT2D eigenvalue weighted by atomic mass is 10.0. The quantitative estimate of drug-likeness (QED) is 0.572. The number of ether oxygens (including phenoxy) is 2. The van der Waals surface area contributed by atoms with Crippen molar-refractivity contribution in [1.29, 1.82) is 0 Å². The third-order valence-corrected chi connectivity index (χ3v) is 6.38. The molecule has 0 unspecified atom stereocenters. The lowest BCUT2D eigenvalue weighted by Gasteiger charge is -2.40. The van der Waals surface area contributed by atoms with Crippen LogP contribution in [0.5, 0.6) is 11.5 Å². The van der Waals surface area contributed by atoms with Crippen LogP contribution in [0.3, 0.4) is 0 Å². The van der Waals surface area contributed by atoms with E-state index in [9.17, 15) is 14.4 Å². The van der Waals surface area contributed by atoms with E-state index in [-0.39, 0.29) is 24.3 Å². The van der Waals surface area contributed by atoms with Crippen molar-refractivity contribution in [2.75, 3.05) is 32.2 Å². The van der Waals surface area contributed by atoms with Gasteiger partial charge in [-0.05, 0) is 42.3 Å². The number of para-hydroxylation sites is 1. The molecule has 0 aromatic heterocycles. The van der Waals surface area contributed by atoms with Crippen molar-refractivity contribution in [3.8, 4) is 11.5 Å². The Morgan fingerprint density at radius 2 is 1.60 bits per heavy atom. The number of nitrogens with zero attached hydrogens (tertiary/aromatic N) is 2. The fourth-order valence-corrected chi connectivity index (χ4v) is 4.73. The van der Waals surface area contributed by atoms with Crippen LogP contribution >= 0.6 is 0 Å². The Hall–Kier alpha value is -4.33. The molecule has 3 aromatic carbocycles. The van der Waals surface area contributed by atoms with Gasteiger partial charge in [0.1, 0.15) is 12.7 Å². The first kappa shape index (κ1) is 22.5. The minimum atomic E-state index is -0.655. The molecular formula is C27H25N3O5. The van der Waals surface area contributed by atoms with Gasteiger partial charge in [-0.15, -0.1) is 0 Å². The SMILES string of the molecule is COc1ccc(CCNC(=O)CN2C(=O)c3ccccc3N3C(=O)c4ccccc4[C@@H]23)cc1OC. The van der Waals surface area contributed by atoms with Gasteiger partial charge < -0.3 is 19.7 Å². The first-order chi connectivity index (χ1) is 17.0. The lowest BCUT2D eigenvalue weighted by Crippen LogP contribution is -2.51. The molecule has 0 saturated heterocycles. The predicted octanol–water partition coefficient (Wildman–Crippen LogP) is 3.18. The van der Waals surface area contributed by atoms with Crippen molar-refractivity contribution in [2.45, 2.75) is 12.6 Å². The number of hydrogen-bond acceptors (Lipinski definition) is 5. The number of carbonyl (C=O) groups is 3. The summed E-state index contributed by atoms with van der Waals surface area (Å²) in [5.74, 6) is 0.513. The van der Waals surface area contributed by atoms with Gasteiger partial charge >= 0.3 is 0 Å². The maximum atomic E-state index is 13.4. The summed E-state index contributed by atoms with van der Waals surface area (Å²) in [4.78, 5) is 42.6. The van der Waals surface area contributed by atoms with E-state index in [2.05, 4.69) is 5.32 Å². The zero-order chi connectivity index (χ0) is 24.5. The molecule has 2 heterocycles. The van der Waals surface area contributed by atoms with Crippen LogP contribution in [0.2, 0.25) is 0 Å². The van der Waals surface area contributed by atoms with Crippen molar-refractivity contribution in [3.05, 3.63) is 89.0 Å². The lowest BCUT2D eigenvalue weighted by molar-refractivity contribution is -0.122. The summed E-state index contributed by atoms with van der Waals surface area (Å²) in [6, 6.07) is 19.8. The number of methoxy groups -OCH3 is 2. The summed E-state index contributed by atoms with van der Waals surface area (Å²) in [6.45, 7) is 0.221. The fraction of sp³-hybridized carbons (Fsp3) is 0.222. The number of fused-ring (bicyclic) bond motifs is 5. The number of amides is 3. The normalized spacial score (nSPS) is 15.9. The largest absolute Gasteiger partial charge is 0.493 e. The first-order valence-electron chi connectivity index (χ1n) is 11.3. The minimum absolute atomic E-state index is 0.165. The molecule has 0 spiro atoms. The summed E-state index contributed by atoms with van der Waals surface area (Å²) >= 11 is 0. The molecule has 8 heteroatoms. The van der Waals surface area contributed by atoms with Crippen LogP contribution in [-0.4, -0.2) is 49.9 Å². The number of carbonyl (C=O) groups excluding carboxylic acids is 3. The zero-order valence-electron chi connectivity index (χ0n) is 19.5. The molecule has 1 atom stereocenters. The van der Waals surface area contributed by atoms with Crippen LogP contribution in [0.25, 0.3) is 0 Å². The first-order valence-corrected chi connectivity index (χ1v) is 11.3. The Bertz CT molecular complexity index is 1320. The third-order valence-electron chi connectivity index (χ3n) is 6.38. The molecule has 0 saturated carbocycles. The molecule has 1 N–H and O–H groups in total. The second-order valence-electron chi connectivity index (χ2n) is 8.38. The second-order valence-corrected chi connectivity index (χ2v) is 8.38. The van der Waals surface area contributed by atoms with Gasteiger partial charge in [-0.3, -0.25) is 19.3 Å². The molecule has 35 heavy (non-hydrogen) atoms. The van der Waals surface area contributed by atoms with Gasteiger partial charge in [0, 0.05) is 17.7 Å². The summed E-state index contributed by atoms with van der Waals surface area (Å²) in [5.41, 5.74) is 3.21. The van der Waals surface area contributed by atoms with Crippen LogP contribution < -0.4 is 19.7 Å². The molecule has 0 aliphatic carbocycles.